The number of hydrogen-bond donors (Lipinski definition) is 1. The minimum Gasteiger partial charge on any atom is -0.479 e. The Hall–Kier alpha value is -3.52. The molecular weight excluding hydrogens is 484 g/mol. The van der Waals surface area contributed by atoms with E-state index in [1.54, 1.807) is 0 Å². The molecular formula is C22H22F4N8O2. The highest BCUT2D eigenvalue weighted by Gasteiger charge is 2.36. The van der Waals surface area contributed by atoms with E-state index in [0.717, 1.165) is 16.8 Å². The number of nitrogens with zero attached hydrogens (tertiary/aromatic N) is 7. The number of fused-ring (bicyclic) bond motifs is 2. The summed E-state index contributed by atoms with van der Waals surface area (Å²) in [6, 6.07) is -0.268. The van der Waals surface area contributed by atoms with Crippen LogP contribution in [-0.4, -0.2) is 85.5 Å². The Bertz CT molecular complexity index is 1420. The summed E-state index contributed by atoms with van der Waals surface area (Å²) in [6.45, 7) is 2.22. The molecule has 36 heavy (non-hydrogen) atoms. The number of methoxy groups -OCH3 is 1. The monoisotopic (exact) mass is 506 g/mol. The van der Waals surface area contributed by atoms with Crippen molar-refractivity contribution < 1.29 is 27.0 Å². The number of anilines is 1. The molecule has 0 saturated carbocycles. The van der Waals surface area contributed by atoms with Crippen molar-refractivity contribution in [2.45, 2.75) is 31.1 Å². The number of imidazole rings is 1. The maximum absolute atomic E-state index is 15.2. The zero-order valence-corrected chi connectivity index (χ0v) is 19.1. The largest absolute Gasteiger partial charge is 0.479 e. The molecule has 10 nitrogen and oxygen atoms in total. The van der Waals surface area contributed by atoms with Crippen molar-refractivity contribution >= 4 is 17.2 Å². The Morgan fingerprint density at radius 1 is 1.19 bits per heavy atom. The van der Waals surface area contributed by atoms with Crippen LogP contribution in [0, 0.1) is 5.82 Å². The topological polar surface area (TPSA) is 94.1 Å². The number of hydrogen-bond acceptors (Lipinski definition) is 8. The highest BCUT2D eigenvalue weighted by Crippen LogP contribution is 2.34. The van der Waals surface area contributed by atoms with Crippen LogP contribution in [0.5, 0.6) is 5.88 Å². The van der Waals surface area contributed by atoms with Crippen LogP contribution in [0.1, 0.15) is 18.5 Å². The van der Waals surface area contributed by atoms with Gasteiger partial charge in [0.25, 0.3) is 6.43 Å². The summed E-state index contributed by atoms with van der Waals surface area (Å²) in [6.07, 6.45) is 1.40. The van der Waals surface area contributed by atoms with Gasteiger partial charge in [0, 0.05) is 31.0 Å². The van der Waals surface area contributed by atoms with E-state index in [1.165, 1.54) is 24.0 Å². The van der Waals surface area contributed by atoms with Crippen molar-refractivity contribution in [3.63, 3.8) is 0 Å². The van der Waals surface area contributed by atoms with E-state index in [1.807, 2.05) is 0 Å². The van der Waals surface area contributed by atoms with Gasteiger partial charge in [-0.3, -0.25) is 9.30 Å². The first-order valence-electron chi connectivity index (χ1n) is 11.4. The number of piperidine rings is 1. The third-order valence-electron chi connectivity index (χ3n) is 6.68. The summed E-state index contributed by atoms with van der Waals surface area (Å²) in [7, 11) is 1.37. The highest BCUT2D eigenvalue weighted by molar-refractivity contribution is 5.84. The van der Waals surface area contributed by atoms with Gasteiger partial charge in [-0.2, -0.15) is 4.98 Å². The molecule has 2 fully saturated rings. The van der Waals surface area contributed by atoms with Crippen LogP contribution >= 0.6 is 0 Å². The average molecular weight is 506 g/mol. The number of rotatable bonds is 6. The van der Waals surface area contributed by atoms with Gasteiger partial charge in [-0.1, -0.05) is 0 Å². The van der Waals surface area contributed by atoms with E-state index in [9.17, 15) is 13.2 Å². The quantitative estimate of drug-likeness (QED) is 0.399. The maximum atomic E-state index is 15.2. The predicted octanol–water partition coefficient (Wildman–Crippen LogP) is 2.75. The number of nitrogens with one attached hydrogen (secondary N) is 1. The molecule has 2 atom stereocenters. The van der Waals surface area contributed by atoms with E-state index < -0.39 is 24.5 Å². The molecule has 0 amide bonds. The molecule has 0 radical (unpaired) electrons. The number of alkyl halides is 3. The summed E-state index contributed by atoms with van der Waals surface area (Å²) in [4.78, 5) is 14.3. The number of halogens is 4. The molecule has 1 N–H and O–H groups in total. The lowest BCUT2D eigenvalue weighted by Gasteiger charge is -2.42. The van der Waals surface area contributed by atoms with Gasteiger partial charge < -0.3 is 14.8 Å². The second-order valence-corrected chi connectivity index (χ2v) is 8.83. The van der Waals surface area contributed by atoms with E-state index in [-0.39, 0.29) is 52.5 Å². The highest BCUT2D eigenvalue weighted by atomic mass is 19.3. The molecule has 6 rings (SSSR count). The van der Waals surface area contributed by atoms with Crippen LogP contribution in [0.25, 0.3) is 22.4 Å². The van der Waals surface area contributed by atoms with Gasteiger partial charge in [0.15, 0.2) is 5.82 Å². The van der Waals surface area contributed by atoms with Gasteiger partial charge in [0.05, 0.1) is 50.4 Å². The van der Waals surface area contributed by atoms with Crippen molar-refractivity contribution in [1.82, 2.24) is 33.9 Å². The standard InChI is InChI=1S/C22H22F4N8O2/c1-35-20-18-17(11-4-27-22-28-5-16(19(25)26)33(22)6-11)14(24)8-34(18)31-21(30-20)29-15-2-3-32(7-13(15)23)12-9-36-10-12/h4-6,8,12-13,15,19H,2-3,7,9-10H2,1H3,(H,29,31)/t13-,15+/m1/s1. The number of ether oxygens (including phenoxy) is 2. The second kappa shape index (κ2) is 8.85. The number of likely N-dealkylation sites (tertiary alicyclic amines) is 1. The van der Waals surface area contributed by atoms with Gasteiger partial charge in [0.2, 0.25) is 17.6 Å². The molecule has 14 heteroatoms. The molecule has 2 aliphatic rings. The van der Waals surface area contributed by atoms with Crippen molar-refractivity contribution in [3.8, 4) is 17.0 Å². The van der Waals surface area contributed by atoms with Gasteiger partial charge in [-0.05, 0) is 6.42 Å². The summed E-state index contributed by atoms with van der Waals surface area (Å²) in [5, 5.41) is 7.33. The van der Waals surface area contributed by atoms with Crippen LogP contribution < -0.4 is 10.1 Å². The van der Waals surface area contributed by atoms with Crippen LogP contribution in [0.4, 0.5) is 23.5 Å². The molecule has 4 aromatic heterocycles. The summed E-state index contributed by atoms with van der Waals surface area (Å²) in [5.41, 5.74) is 0.0499. The van der Waals surface area contributed by atoms with Crippen LogP contribution in [0.3, 0.4) is 0 Å². The van der Waals surface area contributed by atoms with Crippen molar-refractivity contribution in [3.05, 3.63) is 36.3 Å². The van der Waals surface area contributed by atoms with Crippen molar-refractivity contribution in [1.29, 1.82) is 0 Å². The normalized spacial score (nSPS) is 21.4. The van der Waals surface area contributed by atoms with Gasteiger partial charge in [0.1, 0.15) is 17.4 Å². The van der Waals surface area contributed by atoms with Crippen LogP contribution in [-0.2, 0) is 4.74 Å². The third kappa shape index (κ3) is 3.80. The third-order valence-corrected chi connectivity index (χ3v) is 6.68. The molecule has 0 aliphatic carbocycles. The Kier molecular flexibility index (Phi) is 5.63. The van der Waals surface area contributed by atoms with Crippen LogP contribution in [0.15, 0.2) is 24.8 Å². The molecule has 6 heterocycles. The smallest absolute Gasteiger partial charge is 0.280 e. The Morgan fingerprint density at radius 3 is 2.69 bits per heavy atom. The van der Waals surface area contributed by atoms with Gasteiger partial charge in [-0.15, -0.1) is 5.10 Å². The van der Waals surface area contributed by atoms with Gasteiger partial charge in [-0.25, -0.2) is 32.0 Å². The molecule has 2 saturated heterocycles. The lowest BCUT2D eigenvalue weighted by molar-refractivity contribution is -0.0794. The summed E-state index contributed by atoms with van der Waals surface area (Å²) >= 11 is 0. The minimum atomic E-state index is -2.78. The Labute approximate surface area is 201 Å². The van der Waals surface area contributed by atoms with E-state index in [0.29, 0.717) is 26.2 Å². The van der Waals surface area contributed by atoms with Crippen molar-refractivity contribution in [2.75, 3.05) is 38.7 Å². The summed E-state index contributed by atoms with van der Waals surface area (Å²) < 4.78 is 69.7. The predicted molar refractivity (Wildman–Crippen MR) is 120 cm³/mol. The van der Waals surface area contributed by atoms with E-state index in [2.05, 4.69) is 30.3 Å². The first-order chi connectivity index (χ1) is 17.4. The first-order valence-corrected chi connectivity index (χ1v) is 11.4. The van der Waals surface area contributed by atoms with Gasteiger partial charge >= 0.3 is 0 Å². The fourth-order valence-electron chi connectivity index (χ4n) is 4.70. The Morgan fingerprint density at radius 2 is 2.00 bits per heavy atom. The molecule has 0 aromatic carbocycles. The minimum absolute atomic E-state index is 0.0288. The second-order valence-electron chi connectivity index (χ2n) is 8.83. The lowest BCUT2D eigenvalue weighted by atomic mass is 10.0. The fraction of sp³-hybridized carbons (Fsp3) is 0.455. The molecule has 190 valence electrons. The number of aromatic nitrogens is 6. The molecule has 4 aromatic rings. The first kappa shape index (κ1) is 22.9. The van der Waals surface area contributed by atoms with E-state index >= 15 is 4.39 Å². The molecule has 0 spiro atoms. The van der Waals surface area contributed by atoms with Crippen molar-refractivity contribution in [2.24, 2.45) is 0 Å². The molecule has 2 aliphatic heterocycles. The lowest BCUT2D eigenvalue weighted by Crippen LogP contribution is -2.57. The van der Waals surface area contributed by atoms with Crippen LogP contribution in [0.2, 0.25) is 0 Å². The SMILES string of the molecule is COc1nc(N[C@H]2CCN(C3COC3)C[C@H]2F)nn2cc(F)c(-c3cnc4ncc(C(F)F)n4c3)c12. The summed E-state index contributed by atoms with van der Waals surface area (Å²) in [5.74, 6) is -0.508. The molecule has 0 unspecified atom stereocenters. The maximum Gasteiger partial charge on any atom is 0.280 e. The fourth-order valence-corrected chi connectivity index (χ4v) is 4.70. The molecule has 0 bridgehead atoms. The van der Waals surface area contributed by atoms with E-state index in [4.69, 9.17) is 9.47 Å². The Balaban J connectivity index is 1.33. The zero-order valence-electron chi connectivity index (χ0n) is 19.1. The average Bonchev–Trinajstić information content (AvgIpc) is 3.39. The zero-order chi connectivity index (χ0) is 25.0.